The number of hydrogen-bond donors (Lipinski definition) is 1. The van der Waals surface area contributed by atoms with Crippen LogP contribution in [0, 0.1) is 0 Å². The van der Waals surface area contributed by atoms with Crippen LogP contribution in [0.5, 0.6) is 0 Å². The highest BCUT2D eigenvalue weighted by atomic mass is 15.1. The van der Waals surface area contributed by atoms with Crippen LogP contribution in [0.1, 0.15) is 25.1 Å². The Morgan fingerprint density at radius 3 is 2.88 bits per heavy atom. The number of nitrogens with two attached hydrogens (primary N) is 1. The lowest BCUT2D eigenvalue weighted by Crippen LogP contribution is -2.24. The van der Waals surface area contributed by atoms with Gasteiger partial charge in [-0.2, -0.15) is 0 Å². The van der Waals surface area contributed by atoms with Gasteiger partial charge in [0.05, 0.1) is 5.69 Å². The van der Waals surface area contributed by atoms with Crippen molar-refractivity contribution in [1.82, 2.24) is 9.88 Å². The number of likely N-dealkylation sites (N-methyl/N-ethyl adjacent to an activating group) is 1. The first-order valence-corrected chi connectivity index (χ1v) is 5.66. The molecule has 0 aliphatic heterocycles. The predicted octanol–water partition coefficient (Wildman–Crippen LogP) is 1.94. The summed E-state index contributed by atoms with van der Waals surface area (Å²) in [5.74, 6) is 0. The third-order valence-corrected chi connectivity index (χ3v) is 2.44. The zero-order valence-corrected chi connectivity index (χ0v) is 10.2. The minimum Gasteiger partial charge on any atom is -0.325 e. The molecule has 0 amide bonds. The molecule has 0 atom stereocenters. The second-order valence-corrected chi connectivity index (χ2v) is 4.12. The van der Waals surface area contributed by atoms with E-state index in [0.29, 0.717) is 6.54 Å². The molecule has 88 valence electrons. The summed E-state index contributed by atoms with van der Waals surface area (Å²) in [5.41, 5.74) is 8.97. The van der Waals surface area contributed by atoms with Crippen LogP contribution >= 0.6 is 0 Å². The zero-order valence-electron chi connectivity index (χ0n) is 10.2. The van der Waals surface area contributed by atoms with Gasteiger partial charge in [0.15, 0.2) is 0 Å². The largest absolute Gasteiger partial charge is 0.325 e. The Hall–Kier alpha value is -1.19. The van der Waals surface area contributed by atoms with E-state index in [4.69, 9.17) is 5.73 Å². The molecule has 0 aliphatic rings. The van der Waals surface area contributed by atoms with E-state index < -0.39 is 0 Å². The summed E-state index contributed by atoms with van der Waals surface area (Å²) >= 11 is 0. The molecule has 0 spiro atoms. The van der Waals surface area contributed by atoms with Gasteiger partial charge in [0.1, 0.15) is 0 Å². The Kier molecular flexibility index (Phi) is 5.15. The van der Waals surface area contributed by atoms with E-state index in [0.717, 1.165) is 25.3 Å². The van der Waals surface area contributed by atoms with Gasteiger partial charge in [-0.25, -0.2) is 0 Å². The van der Waals surface area contributed by atoms with Crippen LogP contribution in [0.15, 0.2) is 30.5 Å². The molecule has 0 fully saturated rings. The van der Waals surface area contributed by atoms with E-state index in [1.165, 1.54) is 11.1 Å². The fourth-order valence-corrected chi connectivity index (χ4v) is 1.66. The van der Waals surface area contributed by atoms with Crippen molar-refractivity contribution in [2.75, 3.05) is 13.1 Å². The highest BCUT2D eigenvalue weighted by Gasteiger charge is 2.04. The van der Waals surface area contributed by atoms with Crippen molar-refractivity contribution in [2.45, 2.75) is 26.9 Å². The number of nitrogens with zero attached hydrogens (tertiary/aromatic N) is 2. The molecule has 2 N–H and O–H groups in total. The van der Waals surface area contributed by atoms with Gasteiger partial charge >= 0.3 is 0 Å². The van der Waals surface area contributed by atoms with E-state index in [2.05, 4.69) is 36.4 Å². The molecule has 0 bridgehead atoms. The summed E-state index contributed by atoms with van der Waals surface area (Å²) in [4.78, 5) is 6.54. The number of hydrogen-bond acceptors (Lipinski definition) is 3. The van der Waals surface area contributed by atoms with Gasteiger partial charge in [-0.05, 0) is 31.2 Å². The molecule has 1 aromatic rings. The highest BCUT2D eigenvalue weighted by molar-refractivity contribution is 5.16. The Morgan fingerprint density at radius 1 is 1.56 bits per heavy atom. The van der Waals surface area contributed by atoms with Crippen LogP contribution in [0.3, 0.4) is 0 Å². The summed E-state index contributed by atoms with van der Waals surface area (Å²) in [5, 5.41) is 0. The fourth-order valence-electron chi connectivity index (χ4n) is 1.66. The standard InChI is InChI=1S/C13H21N3/c1-4-16(9-11(2)3)10-12-5-6-15-13(7-12)8-14/h5-7H,2,4,8-10,14H2,1,3H3. The maximum Gasteiger partial charge on any atom is 0.0542 e. The van der Waals surface area contributed by atoms with Crippen LogP contribution in [0.4, 0.5) is 0 Å². The summed E-state index contributed by atoms with van der Waals surface area (Å²) in [6, 6.07) is 4.11. The number of rotatable bonds is 6. The monoisotopic (exact) mass is 219 g/mol. The molecule has 16 heavy (non-hydrogen) atoms. The molecule has 0 radical (unpaired) electrons. The Balaban J connectivity index is 2.65. The minimum atomic E-state index is 0.500. The molecule has 1 rings (SSSR count). The van der Waals surface area contributed by atoms with Crippen LogP contribution in [0.2, 0.25) is 0 Å². The third kappa shape index (κ3) is 4.13. The first-order chi connectivity index (χ1) is 7.65. The van der Waals surface area contributed by atoms with Gasteiger partial charge < -0.3 is 5.73 Å². The molecule has 1 heterocycles. The van der Waals surface area contributed by atoms with Crippen LogP contribution in [-0.2, 0) is 13.1 Å². The summed E-state index contributed by atoms with van der Waals surface area (Å²) in [6.07, 6.45) is 1.83. The zero-order chi connectivity index (χ0) is 12.0. The lowest BCUT2D eigenvalue weighted by atomic mass is 10.2. The molecule has 3 nitrogen and oxygen atoms in total. The van der Waals surface area contributed by atoms with E-state index >= 15 is 0 Å². The predicted molar refractivity (Wildman–Crippen MR) is 67.9 cm³/mol. The van der Waals surface area contributed by atoms with Crippen molar-refractivity contribution in [1.29, 1.82) is 0 Å². The van der Waals surface area contributed by atoms with Crippen molar-refractivity contribution in [2.24, 2.45) is 5.73 Å². The Morgan fingerprint density at radius 2 is 2.31 bits per heavy atom. The molecular weight excluding hydrogens is 198 g/mol. The molecule has 0 aromatic carbocycles. The topological polar surface area (TPSA) is 42.2 Å². The molecule has 0 aliphatic carbocycles. The molecule has 0 unspecified atom stereocenters. The van der Waals surface area contributed by atoms with Gasteiger partial charge in [-0.3, -0.25) is 9.88 Å². The Labute approximate surface area is 98.0 Å². The highest BCUT2D eigenvalue weighted by Crippen LogP contribution is 2.07. The fraction of sp³-hybridized carbons (Fsp3) is 0.462. The normalized spacial score (nSPS) is 10.8. The van der Waals surface area contributed by atoms with Crippen molar-refractivity contribution in [3.05, 3.63) is 41.7 Å². The lowest BCUT2D eigenvalue weighted by Gasteiger charge is -2.20. The molecule has 1 aromatic heterocycles. The smallest absolute Gasteiger partial charge is 0.0542 e. The summed E-state index contributed by atoms with van der Waals surface area (Å²) in [6.45, 7) is 11.6. The van der Waals surface area contributed by atoms with E-state index in [9.17, 15) is 0 Å². The molecule has 0 saturated carbocycles. The third-order valence-electron chi connectivity index (χ3n) is 2.44. The van der Waals surface area contributed by atoms with E-state index in [-0.39, 0.29) is 0 Å². The quantitative estimate of drug-likeness (QED) is 0.743. The molecular formula is C13H21N3. The number of aromatic nitrogens is 1. The molecule has 0 saturated heterocycles. The van der Waals surface area contributed by atoms with Crippen molar-refractivity contribution in [3.8, 4) is 0 Å². The van der Waals surface area contributed by atoms with Gasteiger partial charge in [0.25, 0.3) is 0 Å². The average Bonchev–Trinajstić information content (AvgIpc) is 2.28. The maximum atomic E-state index is 5.57. The Bertz CT molecular complexity index is 347. The van der Waals surface area contributed by atoms with Gasteiger partial charge in [-0.1, -0.05) is 19.1 Å². The van der Waals surface area contributed by atoms with Gasteiger partial charge in [-0.15, -0.1) is 0 Å². The van der Waals surface area contributed by atoms with E-state index in [1.54, 1.807) is 0 Å². The SMILES string of the molecule is C=C(C)CN(CC)Cc1ccnc(CN)c1. The van der Waals surface area contributed by atoms with Gasteiger partial charge in [0.2, 0.25) is 0 Å². The first-order valence-electron chi connectivity index (χ1n) is 5.66. The second-order valence-electron chi connectivity index (χ2n) is 4.12. The van der Waals surface area contributed by atoms with Crippen molar-refractivity contribution >= 4 is 0 Å². The van der Waals surface area contributed by atoms with Gasteiger partial charge in [0, 0.05) is 25.8 Å². The van der Waals surface area contributed by atoms with E-state index in [1.807, 2.05) is 12.3 Å². The second kappa shape index (κ2) is 6.40. The number of pyridine rings is 1. The molecule has 3 heteroatoms. The summed E-state index contributed by atoms with van der Waals surface area (Å²) < 4.78 is 0. The maximum absolute atomic E-state index is 5.57. The lowest BCUT2D eigenvalue weighted by molar-refractivity contribution is 0.304. The van der Waals surface area contributed by atoms with Crippen LogP contribution in [0.25, 0.3) is 0 Å². The van der Waals surface area contributed by atoms with Crippen molar-refractivity contribution in [3.63, 3.8) is 0 Å². The van der Waals surface area contributed by atoms with Crippen LogP contribution in [-0.4, -0.2) is 23.0 Å². The average molecular weight is 219 g/mol. The van der Waals surface area contributed by atoms with Crippen molar-refractivity contribution < 1.29 is 0 Å². The minimum absolute atomic E-state index is 0.500. The van der Waals surface area contributed by atoms with Crippen LogP contribution < -0.4 is 5.73 Å². The first kappa shape index (κ1) is 12.9. The summed E-state index contributed by atoms with van der Waals surface area (Å²) in [7, 11) is 0.